The van der Waals surface area contributed by atoms with Gasteiger partial charge in [0, 0.05) is 6.54 Å². The van der Waals surface area contributed by atoms with Crippen molar-refractivity contribution in [2.24, 2.45) is 0 Å². The molecule has 6 nitrogen and oxygen atoms in total. The Hall–Kier alpha value is -2.61. The summed E-state index contributed by atoms with van der Waals surface area (Å²) in [7, 11) is -3.95. The molecule has 0 spiro atoms. The highest BCUT2D eigenvalue weighted by Crippen LogP contribution is 2.32. The summed E-state index contributed by atoms with van der Waals surface area (Å²) >= 11 is 0. The summed E-state index contributed by atoms with van der Waals surface area (Å²) in [6.07, 6.45) is 1.43. The lowest BCUT2D eigenvalue weighted by atomic mass is 10.4. The second-order valence-corrected chi connectivity index (χ2v) is 6.48. The quantitative estimate of drug-likeness (QED) is 0.719. The van der Waals surface area contributed by atoms with Crippen LogP contribution in [-0.2, 0) is 9.84 Å². The van der Waals surface area contributed by atoms with Gasteiger partial charge in [-0.2, -0.15) is 4.98 Å². The Morgan fingerprint density at radius 3 is 2.57 bits per heavy atom. The summed E-state index contributed by atoms with van der Waals surface area (Å²) in [5, 5.41) is 2.56. The van der Waals surface area contributed by atoms with E-state index in [0.717, 1.165) is 12.1 Å². The summed E-state index contributed by atoms with van der Waals surface area (Å²) in [6.45, 7) is 2.24. The number of furan rings is 1. The predicted molar refractivity (Wildman–Crippen MR) is 80.2 cm³/mol. The maximum absolute atomic E-state index is 13.0. The second-order valence-electron chi connectivity index (χ2n) is 4.62. The largest absolute Gasteiger partial charge is 0.459 e. The van der Waals surface area contributed by atoms with Crippen molar-refractivity contribution < 1.29 is 21.6 Å². The van der Waals surface area contributed by atoms with Gasteiger partial charge in [-0.05, 0) is 43.3 Å². The minimum Gasteiger partial charge on any atom is -0.459 e. The zero-order valence-electron chi connectivity index (χ0n) is 12.1. The maximum Gasteiger partial charge on any atom is 0.266 e. The highest BCUT2D eigenvalue weighted by atomic mass is 32.2. The van der Waals surface area contributed by atoms with Crippen LogP contribution in [0.1, 0.15) is 6.92 Å². The molecule has 0 aliphatic carbocycles. The van der Waals surface area contributed by atoms with Crippen LogP contribution in [0.2, 0.25) is 0 Å². The Morgan fingerprint density at radius 1 is 1.22 bits per heavy atom. The van der Waals surface area contributed by atoms with Crippen LogP contribution in [0, 0.1) is 5.82 Å². The van der Waals surface area contributed by atoms with Crippen molar-refractivity contribution in [3.05, 3.63) is 48.5 Å². The fourth-order valence-corrected chi connectivity index (χ4v) is 3.27. The molecule has 0 aliphatic rings. The van der Waals surface area contributed by atoms with Crippen molar-refractivity contribution in [1.82, 2.24) is 4.98 Å². The molecule has 1 aromatic carbocycles. The molecule has 0 aliphatic heterocycles. The van der Waals surface area contributed by atoms with Crippen LogP contribution in [0.5, 0.6) is 0 Å². The number of halogens is 1. The van der Waals surface area contributed by atoms with Crippen molar-refractivity contribution in [1.29, 1.82) is 0 Å². The maximum atomic E-state index is 13.0. The Kier molecular flexibility index (Phi) is 3.91. The van der Waals surface area contributed by atoms with Gasteiger partial charge < -0.3 is 14.2 Å². The SMILES string of the molecule is CCNc1oc(-c2ccco2)nc1S(=O)(=O)c1ccc(F)cc1. The average molecular weight is 336 g/mol. The first-order chi connectivity index (χ1) is 11.0. The van der Waals surface area contributed by atoms with Crippen molar-refractivity contribution in [3.8, 4) is 11.7 Å². The summed E-state index contributed by atoms with van der Waals surface area (Å²) in [6, 6.07) is 7.76. The van der Waals surface area contributed by atoms with Crippen LogP contribution in [-0.4, -0.2) is 19.9 Å². The number of hydrogen-bond acceptors (Lipinski definition) is 6. The summed E-state index contributed by atoms with van der Waals surface area (Å²) in [4.78, 5) is 3.97. The normalized spacial score (nSPS) is 11.6. The van der Waals surface area contributed by atoms with Gasteiger partial charge in [0.25, 0.3) is 5.89 Å². The van der Waals surface area contributed by atoms with E-state index in [1.54, 1.807) is 19.1 Å². The van der Waals surface area contributed by atoms with Crippen LogP contribution in [0.25, 0.3) is 11.7 Å². The third kappa shape index (κ3) is 2.85. The lowest BCUT2D eigenvalue weighted by Crippen LogP contribution is -2.07. The Morgan fingerprint density at radius 2 is 1.96 bits per heavy atom. The molecule has 0 unspecified atom stereocenters. The summed E-state index contributed by atoms with van der Waals surface area (Å²) in [5.74, 6) is -0.146. The molecule has 1 N–H and O–H groups in total. The smallest absolute Gasteiger partial charge is 0.266 e. The van der Waals surface area contributed by atoms with Crippen LogP contribution in [0.3, 0.4) is 0 Å². The highest BCUT2D eigenvalue weighted by molar-refractivity contribution is 7.91. The first kappa shape index (κ1) is 15.3. The lowest BCUT2D eigenvalue weighted by Gasteiger charge is -2.03. The zero-order valence-corrected chi connectivity index (χ0v) is 12.9. The predicted octanol–water partition coefficient (Wildman–Crippen LogP) is 3.34. The van der Waals surface area contributed by atoms with E-state index in [9.17, 15) is 12.8 Å². The lowest BCUT2D eigenvalue weighted by molar-refractivity contribution is 0.523. The standard InChI is InChI=1S/C15H13FN2O4S/c1-2-17-14-15(18-13(22-14)12-4-3-9-21-12)23(19,20)11-7-5-10(16)6-8-11/h3-9,17H,2H2,1H3. The number of anilines is 1. The van der Waals surface area contributed by atoms with Crippen LogP contribution < -0.4 is 5.32 Å². The molecule has 0 saturated carbocycles. The van der Waals surface area contributed by atoms with Gasteiger partial charge in [0.1, 0.15) is 5.82 Å². The van der Waals surface area contributed by atoms with Crippen LogP contribution in [0.15, 0.2) is 61.4 Å². The molecule has 2 heterocycles. The fraction of sp³-hybridized carbons (Fsp3) is 0.133. The minimum absolute atomic E-state index is 0.0169. The minimum atomic E-state index is -3.95. The number of oxazole rings is 1. The topological polar surface area (TPSA) is 85.3 Å². The molecular formula is C15H13FN2O4S. The van der Waals surface area contributed by atoms with E-state index in [0.29, 0.717) is 12.3 Å². The molecule has 0 bridgehead atoms. The Bertz CT molecular complexity index is 900. The second kappa shape index (κ2) is 5.88. The molecule has 0 saturated heterocycles. The first-order valence-corrected chi connectivity index (χ1v) is 8.30. The molecule has 0 amide bonds. The molecule has 120 valence electrons. The monoisotopic (exact) mass is 336 g/mol. The van der Waals surface area contributed by atoms with E-state index in [1.165, 1.54) is 18.4 Å². The van der Waals surface area contributed by atoms with E-state index in [1.807, 2.05) is 0 Å². The molecular weight excluding hydrogens is 323 g/mol. The first-order valence-electron chi connectivity index (χ1n) is 6.81. The van der Waals surface area contributed by atoms with Gasteiger partial charge in [0.2, 0.25) is 20.7 Å². The van der Waals surface area contributed by atoms with Gasteiger partial charge in [-0.25, -0.2) is 12.8 Å². The van der Waals surface area contributed by atoms with Gasteiger partial charge in [0.05, 0.1) is 11.2 Å². The van der Waals surface area contributed by atoms with E-state index >= 15 is 0 Å². The highest BCUT2D eigenvalue weighted by Gasteiger charge is 2.28. The third-order valence-electron chi connectivity index (χ3n) is 3.04. The molecule has 3 rings (SSSR count). The van der Waals surface area contributed by atoms with E-state index < -0.39 is 15.7 Å². The molecule has 3 aromatic rings. The fourth-order valence-electron chi connectivity index (χ4n) is 1.99. The number of aromatic nitrogens is 1. The van der Waals surface area contributed by atoms with Crippen LogP contribution >= 0.6 is 0 Å². The number of rotatable bonds is 5. The van der Waals surface area contributed by atoms with Gasteiger partial charge in [-0.1, -0.05) is 0 Å². The van der Waals surface area contributed by atoms with Gasteiger partial charge in [-0.15, -0.1) is 0 Å². The van der Waals surface area contributed by atoms with E-state index in [2.05, 4.69) is 10.3 Å². The number of sulfone groups is 1. The Balaban J connectivity index is 2.12. The molecule has 23 heavy (non-hydrogen) atoms. The zero-order chi connectivity index (χ0) is 16.4. The number of nitrogens with one attached hydrogen (secondary N) is 1. The van der Waals surface area contributed by atoms with E-state index in [4.69, 9.17) is 8.83 Å². The summed E-state index contributed by atoms with van der Waals surface area (Å²) in [5.41, 5.74) is 0. The van der Waals surface area contributed by atoms with Gasteiger partial charge >= 0.3 is 0 Å². The Labute approximate surface area is 131 Å². The van der Waals surface area contributed by atoms with Gasteiger partial charge in [0.15, 0.2) is 5.76 Å². The van der Waals surface area contributed by atoms with Crippen molar-refractivity contribution in [2.45, 2.75) is 16.8 Å². The molecule has 0 fully saturated rings. The van der Waals surface area contributed by atoms with Crippen molar-refractivity contribution in [2.75, 3.05) is 11.9 Å². The number of nitrogens with zero attached hydrogens (tertiary/aromatic N) is 1. The molecule has 8 heteroatoms. The summed E-state index contributed by atoms with van der Waals surface area (Å²) < 4.78 is 49.1. The van der Waals surface area contributed by atoms with Crippen LogP contribution in [0.4, 0.5) is 10.3 Å². The molecule has 2 aromatic heterocycles. The number of hydrogen-bond donors (Lipinski definition) is 1. The average Bonchev–Trinajstić information content (AvgIpc) is 3.17. The van der Waals surface area contributed by atoms with E-state index in [-0.39, 0.29) is 21.7 Å². The van der Waals surface area contributed by atoms with Gasteiger partial charge in [-0.3, -0.25) is 0 Å². The molecule has 0 radical (unpaired) electrons. The number of benzene rings is 1. The third-order valence-corrected chi connectivity index (χ3v) is 4.72. The molecule has 0 atom stereocenters. The van der Waals surface area contributed by atoms with Crippen molar-refractivity contribution in [3.63, 3.8) is 0 Å². The van der Waals surface area contributed by atoms with Crippen molar-refractivity contribution >= 4 is 15.7 Å².